The van der Waals surface area contributed by atoms with Gasteiger partial charge < -0.3 is 25.0 Å². The van der Waals surface area contributed by atoms with E-state index in [0.717, 1.165) is 16.7 Å². The molecule has 4 bridgehead atoms. The number of nitrogens with zero attached hydrogens (tertiary/aromatic N) is 2. The Morgan fingerprint density at radius 3 is 2.63 bits per heavy atom. The fourth-order valence-electron chi connectivity index (χ4n) is 6.78. The van der Waals surface area contributed by atoms with Gasteiger partial charge in [-0.25, -0.2) is 18.0 Å². The number of sulfonamides is 1. The van der Waals surface area contributed by atoms with E-state index in [-0.39, 0.29) is 26.0 Å². The van der Waals surface area contributed by atoms with Gasteiger partial charge in [-0.3, -0.25) is 24.0 Å². The van der Waals surface area contributed by atoms with E-state index in [2.05, 4.69) is 21.9 Å². The Bertz CT molecular complexity index is 1690. The van der Waals surface area contributed by atoms with E-state index < -0.39 is 80.7 Å². The van der Waals surface area contributed by atoms with Gasteiger partial charge in [-0.15, -0.1) is 6.58 Å². The average molecular weight is 698 g/mol. The molecular formula is C34H43N5O9S. The van der Waals surface area contributed by atoms with Crippen molar-refractivity contribution in [2.75, 3.05) is 13.2 Å². The number of benzene rings is 1. The number of carbonyl (C=O) groups is 5. The maximum absolute atomic E-state index is 14.1. The summed E-state index contributed by atoms with van der Waals surface area (Å²) in [6, 6.07) is 3.58. The summed E-state index contributed by atoms with van der Waals surface area (Å²) in [5.41, 5.74) is 1.39. The summed E-state index contributed by atoms with van der Waals surface area (Å²) in [5.74, 6) is -3.11. The van der Waals surface area contributed by atoms with Gasteiger partial charge >= 0.3 is 12.2 Å². The molecule has 5 aliphatic rings. The molecule has 1 aromatic carbocycles. The highest BCUT2D eigenvalue weighted by atomic mass is 32.2. The van der Waals surface area contributed by atoms with Crippen LogP contribution < -0.4 is 15.4 Å². The summed E-state index contributed by atoms with van der Waals surface area (Å²) >= 11 is 0. The molecule has 0 radical (unpaired) electrons. The lowest BCUT2D eigenvalue weighted by molar-refractivity contribution is -0.141. The van der Waals surface area contributed by atoms with E-state index in [1.54, 1.807) is 18.7 Å². The molecule has 3 aliphatic heterocycles. The summed E-state index contributed by atoms with van der Waals surface area (Å²) in [5, 5.41) is 4.71. The number of amides is 5. The first kappa shape index (κ1) is 34.5. The van der Waals surface area contributed by atoms with Crippen molar-refractivity contribution in [3.05, 3.63) is 53.6 Å². The first-order valence-electron chi connectivity index (χ1n) is 16.8. The van der Waals surface area contributed by atoms with Crippen LogP contribution in [-0.4, -0.2) is 90.3 Å². The van der Waals surface area contributed by atoms with Crippen molar-refractivity contribution < 1.29 is 41.9 Å². The van der Waals surface area contributed by atoms with Crippen molar-refractivity contribution in [2.45, 2.75) is 94.4 Å². The molecule has 49 heavy (non-hydrogen) atoms. The summed E-state index contributed by atoms with van der Waals surface area (Å²) < 4.78 is 38.6. The van der Waals surface area contributed by atoms with Crippen LogP contribution in [0.3, 0.4) is 0 Å². The molecule has 14 nitrogen and oxygen atoms in total. The largest absolute Gasteiger partial charge is 0.450 e. The Kier molecular flexibility index (Phi) is 9.48. The lowest BCUT2D eigenvalue weighted by Gasteiger charge is -2.31. The highest BCUT2D eigenvalue weighted by molar-refractivity contribution is 7.91. The van der Waals surface area contributed by atoms with Crippen molar-refractivity contribution in [2.24, 2.45) is 11.8 Å². The number of alkyl carbamates (subject to hydrolysis) is 1. The number of hydrogen-bond donors (Lipinski definition) is 3. The maximum atomic E-state index is 14.1. The number of ether oxygens (including phenoxy) is 2. The van der Waals surface area contributed by atoms with E-state index in [4.69, 9.17) is 9.47 Å². The number of allylic oxidation sites excluding steroid dienone is 1. The number of carbonyl (C=O) groups excluding carboxylic acids is 5. The molecule has 0 spiro atoms. The molecule has 6 rings (SSSR count). The lowest BCUT2D eigenvalue weighted by atomic mass is 10.0. The smallest absolute Gasteiger partial charge is 0.410 e. The van der Waals surface area contributed by atoms with Gasteiger partial charge in [0.15, 0.2) is 0 Å². The van der Waals surface area contributed by atoms with Gasteiger partial charge in [-0.1, -0.05) is 50.3 Å². The second-order valence-corrected chi connectivity index (χ2v) is 15.8. The van der Waals surface area contributed by atoms with Crippen molar-refractivity contribution in [3.8, 4) is 0 Å². The Balaban J connectivity index is 1.26. The van der Waals surface area contributed by atoms with Gasteiger partial charge in [-0.2, -0.15) is 0 Å². The maximum Gasteiger partial charge on any atom is 0.410 e. The normalized spacial score (nSPS) is 28.8. The minimum Gasteiger partial charge on any atom is -0.450 e. The van der Waals surface area contributed by atoms with E-state index in [0.29, 0.717) is 38.8 Å². The zero-order valence-electron chi connectivity index (χ0n) is 27.7. The summed E-state index contributed by atoms with van der Waals surface area (Å²) in [6.07, 6.45) is 5.33. The quantitative estimate of drug-likeness (QED) is 0.361. The SMILES string of the molecule is C=C[C@@H]1C[C@]1(NC(=O)[C@@H]1C[C@@H]2CN1C(=O)[C@H](C(C)C)NC(=O)OCCCC=Cc1cccc3c1CN(C3)C(=O)O2)C(=O)NS(=O)(=O)C1CC1. The van der Waals surface area contributed by atoms with Crippen LogP contribution in [0.15, 0.2) is 36.9 Å². The van der Waals surface area contributed by atoms with Gasteiger partial charge in [0, 0.05) is 18.9 Å². The van der Waals surface area contributed by atoms with Crippen LogP contribution >= 0.6 is 0 Å². The van der Waals surface area contributed by atoms with E-state index >= 15 is 0 Å². The molecule has 2 saturated carbocycles. The second kappa shape index (κ2) is 13.5. The topological polar surface area (TPSA) is 181 Å². The number of hydrogen-bond acceptors (Lipinski definition) is 9. The van der Waals surface area contributed by atoms with Gasteiger partial charge in [0.1, 0.15) is 23.7 Å². The minimum absolute atomic E-state index is 0.0792. The molecule has 5 amide bonds. The highest BCUT2D eigenvalue weighted by Gasteiger charge is 2.62. The van der Waals surface area contributed by atoms with Crippen LogP contribution in [0.2, 0.25) is 0 Å². The summed E-state index contributed by atoms with van der Waals surface area (Å²) in [6.45, 7) is 7.87. The van der Waals surface area contributed by atoms with E-state index in [1.807, 2.05) is 30.4 Å². The summed E-state index contributed by atoms with van der Waals surface area (Å²) in [4.78, 5) is 70.6. The molecule has 2 aliphatic carbocycles. The van der Waals surface area contributed by atoms with Crippen LogP contribution in [0.4, 0.5) is 9.59 Å². The molecule has 15 heteroatoms. The van der Waals surface area contributed by atoms with Gasteiger partial charge in [-0.05, 0) is 54.7 Å². The molecule has 1 aromatic rings. The van der Waals surface area contributed by atoms with Crippen molar-refractivity contribution in [3.63, 3.8) is 0 Å². The van der Waals surface area contributed by atoms with Gasteiger partial charge in [0.25, 0.3) is 5.91 Å². The van der Waals surface area contributed by atoms with E-state index in [1.165, 1.54) is 11.0 Å². The molecule has 3 fully saturated rings. The first-order valence-corrected chi connectivity index (χ1v) is 18.3. The molecule has 5 atom stereocenters. The minimum atomic E-state index is -3.90. The number of nitrogens with one attached hydrogen (secondary N) is 3. The molecular weight excluding hydrogens is 654 g/mol. The Hall–Kier alpha value is -4.40. The number of fused-ring (bicyclic) bond motifs is 3. The average Bonchev–Trinajstić information content (AvgIpc) is 3.95. The van der Waals surface area contributed by atoms with Crippen LogP contribution in [0.25, 0.3) is 6.08 Å². The monoisotopic (exact) mass is 697 g/mol. The fraction of sp³-hybridized carbons (Fsp3) is 0.559. The van der Waals surface area contributed by atoms with Gasteiger partial charge in [0.2, 0.25) is 21.8 Å². The molecule has 3 heterocycles. The highest BCUT2D eigenvalue weighted by Crippen LogP contribution is 2.45. The zero-order valence-corrected chi connectivity index (χ0v) is 28.5. The Labute approximate surface area is 285 Å². The zero-order chi connectivity index (χ0) is 35.1. The van der Waals surface area contributed by atoms with Crippen LogP contribution in [0.5, 0.6) is 0 Å². The van der Waals surface area contributed by atoms with Crippen molar-refractivity contribution in [1.82, 2.24) is 25.2 Å². The molecule has 264 valence electrons. The summed E-state index contributed by atoms with van der Waals surface area (Å²) in [7, 11) is -3.90. The van der Waals surface area contributed by atoms with Crippen LogP contribution in [0, 0.1) is 11.8 Å². The number of cyclic esters (lactones) is 1. The van der Waals surface area contributed by atoms with Crippen LogP contribution in [0.1, 0.15) is 69.1 Å². The predicted molar refractivity (Wildman–Crippen MR) is 177 cm³/mol. The third-order valence-electron chi connectivity index (χ3n) is 9.89. The van der Waals surface area contributed by atoms with Gasteiger partial charge in [0.05, 0.1) is 24.9 Å². The van der Waals surface area contributed by atoms with Crippen molar-refractivity contribution >= 4 is 46.0 Å². The number of rotatable bonds is 7. The lowest BCUT2D eigenvalue weighted by Crippen LogP contribution is -2.59. The van der Waals surface area contributed by atoms with E-state index in [9.17, 15) is 32.4 Å². The van der Waals surface area contributed by atoms with Crippen molar-refractivity contribution in [1.29, 1.82) is 0 Å². The first-order chi connectivity index (χ1) is 23.3. The molecule has 0 unspecified atom stereocenters. The third kappa shape index (κ3) is 7.17. The predicted octanol–water partition coefficient (Wildman–Crippen LogP) is 2.34. The molecule has 0 aromatic heterocycles. The molecule has 1 saturated heterocycles. The third-order valence-corrected chi connectivity index (χ3v) is 11.7. The second-order valence-electron chi connectivity index (χ2n) is 13.8. The standard InChI is InChI=1S/C34H43N5O9S/c1-4-23-16-34(23,31(42)37-49(45,46)25-12-13-25)36-29(40)27-15-24-18-39(27)30(41)28(20(2)3)35-32(43)47-14-7-5-6-9-21-10-8-11-22-17-38(19-26(21)22)33(44)48-24/h4,6,8-11,20,23-25,27-28H,1,5,7,12-19H2,2-3H3,(H,35,43)(H,36,40)(H,37,42)/t23-,24-,27+,28+,34-/m1/s1. The molecule has 3 N–H and O–H groups in total. The fourth-order valence-corrected chi connectivity index (χ4v) is 8.15. The Morgan fingerprint density at radius 1 is 1.16 bits per heavy atom. The Morgan fingerprint density at radius 2 is 1.94 bits per heavy atom. The van der Waals surface area contributed by atoms with Crippen LogP contribution in [-0.2, 0) is 47.0 Å².